The van der Waals surface area contributed by atoms with Gasteiger partial charge in [0.1, 0.15) is 12.4 Å². The highest BCUT2D eigenvalue weighted by atomic mass is 19.1. The Balaban J connectivity index is 1.44. The first-order chi connectivity index (χ1) is 17.3. The number of rotatable bonds is 5. The zero-order chi connectivity index (χ0) is 25.4. The number of aryl methyl sites for hydroxylation is 2. The predicted octanol–water partition coefficient (Wildman–Crippen LogP) is 4.62. The third-order valence-electron chi connectivity index (χ3n) is 6.61. The Morgan fingerprint density at radius 3 is 2.58 bits per heavy atom. The number of hydrazone groups is 1. The van der Waals surface area contributed by atoms with Crippen LogP contribution in [0.4, 0.5) is 4.39 Å². The fourth-order valence-electron chi connectivity index (χ4n) is 4.40. The zero-order valence-corrected chi connectivity index (χ0v) is 20.3. The van der Waals surface area contributed by atoms with Gasteiger partial charge in [-0.05, 0) is 66.4 Å². The maximum Gasteiger partial charge on any atom is 0.262 e. The van der Waals surface area contributed by atoms with Crippen molar-refractivity contribution in [2.75, 3.05) is 20.4 Å². The first kappa shape index (κ1) is 23.5. The summed E-state index contributed by atoms with van der Waals surface area (Å²) in [5.74, 6) is -0.301. The summed E-state index contributed by atoms with van der Waals surface area (Å²) in [5.41, 5.74) is 4.78. The molecule has 0 spiro atoms. The van der Waals surface area contributed by atoms with Gasteiger partial charge >= 0.3 is 0 Å². The molecule has 0 bridgehead atoms. The van der Waals surface area contributed by atoms with Gasteiger partial charge < -0.3 is 14.4 Å². The molecule has 0 radical (unpaired) electrons. The van der Waals surface area contributed by atoms with Gasteiger partial charge in [0.25, 0.3) is 11.8 Å². The third-order valence-corrected chi connectivity index (χ3v) is 6.61. The van der Waals surface area contributed by atoms with E-state index >= 15 is 0 Å². The van der Waals surface area contributed by atoms with Gasteiger partial charge in [0.15, 0.2) is 11.5 Å². The topological polar surface area (TPSA) is 71.4 Å². The van der Waals surface area contributed by atoms with Gasteiger partial charge in [-0.25, -0.2) is 9.40 Å². The maximum atomic E-state index is 14.1. The van der Waals surface area contributed by atoms with Crippen molar-refractivity contribution in [3.05, 3.63) is 94.3 Å². The van der Waals surface area contributed by atoms with Crippen molar-refractivity contribution in [2.24, 2.45) is 5.10 Å². The number of nitrogens with zero attached hydrogens (tertiary/aromatic N) is 3. The number of ether oxygens (including phenoxy) is 2. The monoisotopic (exact) mass is 487 g/mol. The minimum absolute atomic E-state index is 0.0825. The van der Waals surface area contributed by atoms with Gasteiger partial charge in [-0.2, -0.15) is 5.10 Å². The molecule has 1 atom stereocenters. The second-order valence-electron chi connectivity index (χ2n) is 9.06. The Labute approximate surface area is 208 Å². The van der Waals surface area contributed by atoms with E-state index in [0.717, 1.165) is 22.4 Å². The van der Waals surface area contributed by atoms with Crippen molar-refractivity contribution in [3.63, 3.8) is 0 Å². The van der Waals surface area contributed by atoms with Crippen molar-refractivity contribution in [1.29, 1.82) is 0 Å². The van der Waals surface area contributed by atoms with Crippen LogP contribution in [0.5, 0.6) is 11.5 Å². The normalized spacial score (nSPS) is 16.2. The van der Waals surface area contributed by atoms with Gasteiger partial charge in [0.2, 0.25) is 6.79 Å². The molecule has 184 valence electrons. The van der Waals surface area contributed by atoms with Crippen LogP contribution in [0.1, 0.15) is 45.1 Å². The molecule has 3 aromatic rings. The van der Waals surface area contributed by atoms with Crippen LogP contribution in [0.2, 0.25) is 0 Å². The lowest BCUT2D eigenvalue weighted by Crippen LogP contribution is -2.39. The Hall–Kier alpha value is -4.20. The van der Waals surface area contributed by atoms with Gasteiger partial charge in [-0.15, -0.1) is 0 Å². The summed E-state index contributed by atoms with van der Waals surface area (Å²) in [6.45, 7) is 3.98. The molecule has 3 aromatic carbocycles. The minimum Gasteiger partial charge on any atom is -0.454 e. The molecule has 0 aromatic heterocycles. The van der Waals surface area contributed by atoms with Crippen LogP contribution in [0.3, 0.4) is 0 Å². The van der Waals surface area contributed by atoms with E-state index in [9.17, 15) is 14.0 Å². The van der Waals surface area contributed by atoms with Crippen LogP contribution in [-0.4, -0.2) is 47.8 Å². The molecule has 2 aliphatic rings. The summed E-state index contributed by atoms with van der Waals surface area (Å²) in [4.78, 5) is 27.5. The van der Waals surface area contributed by atoms with E-state index in [1.54, 1.807) is 6.07 Å². The first-order valence-corrected chi connectivity index (χ1v) is 11.7. The van der Waals surface area contributed by atoms with Crippen molar-refractivity contribution < 1.29 is 23.5 Å². The van der Waals surface area contributed by atoms with E-state index in [2.05, 4.69) is 6.07 Å². The summed E-state index contributed by atoms with van der Waals surface area (Å²) in [6, 6.07) is 17.0. The molecule has 0 aliphatic carbocycles. The van der Waals surface area contributed by atoms with Gasteiger partial charge in [-0.3, -0.25) is 9.59 Å². The lowest BCUT2D eigenvalue weighted by molar-refractivity contribution is -0.133. The number of benzene rings is 3. The lowest BCUT2D eigenvalue weighted by atomic mass is 9.96. The molecule has 7 nitrogen and oxygen atoms in total. The molecule has 8 heteroatoms. The quantitative estimate of drug-likeness (QED) is 0.527. The molecule has 0 saturated heterocycles. The number of hydrogen-bond acceptors (Lipinski definition) is 5. The van der Waals surface area contributed by atoms with Crippen molar-refractivity contribution in [2.45, 2.75) is 26.3 Å². The maximum absolute atomic E-state index is 14.1. The SMILES string of the molecule is Cc1ccc(C2=NN(C(=O)CN(C)C(=O)c3ccccc3F)[C@@H](c3ccc4c(c3)OCO4)C2)cc1C. The summed E-state index contributed by atoms with van der Waals surface area (Å²) in [6.07, 6.45) is 0.499. The molecule has 36 heavy (non-hydrogen) atoms. The van der Waals surface area contributed by atoms with Crippen LogP contribution >= 0.6 is 0 Å². The van der Waals surface area contributed by atoms with Gasteiger partial charge in [0, 0.05) is 13.5 Å². The second kappa shape index (κ2) is 9.45. The van der Waals surface area contributed by atoms with E-state index in [4.69, 9.17) is 14.6 Å². The van der Waals surface area contributed by atoms with Crippen LogP contribution in [-0.2, 0) is 4.79 Å². The molecule has 5 rings (SSSR count). The highest BCUT2D eigenvalue weighted by Gasteiger charge is 2.35. The highest BCUT2D eigenvalue weighted by molar-refractivity contribution is 6.04. The van der Waals surface area contributed by atoms with Crippen molar-refractivity contribution >= 4 is 17.5 Å². The van der Waals surface area contributed by atoms with Crippen LogP contribution in [0, 0.1) is 19.7 Å². The predicted molar refractivity (Wildman–Crippen MR) is 133 cm³/mol. The summed E-state index contributed by atoms with van der Waals surface area (Å²) >= 11 is 0. The van der Waals surface area contributed by atoms with Crippen molar-refractivity contribution in [3.8, 4) is 11.5 Å². The Bertz CT molecular complexity index is 1390. The Morgan fingerprint density at radius 2 is 1.81 bits per heavy atom. The van der Waals surface area contributed by atoms with Crippen LogP contribution < -0.4 is 9.47 Å². The van der Waals surface area contributed by atoms with E-state index in [-0.39, 0.29) is 30.9 Å². The molecule has 0 saturated carbocycles. The molecule has 2 amide bonds. The molecule has 2 heterocycles. The average molecular weight is 488 g/mol. The molecule has 0 N–H and O–H groups in total. The molecule has 2 aliphatic heterocycles. The number of likely N-dealkylation sites (N-methyl/N-ethyl adjacent to an activating group) is 1. The molecular weight excluding hydrogens is 461 g/mol. The number of hydrogen-bond donors (Lipinski definition) is 0. The number of carbonyl (C=O) groups is 2. The minimum atomic E-state index is -0.628. The van der Waals surface area contributed by atoms with E-state index < -0.39 is 11.7 Å². The van der Waals surface area contributed by atoms with E-state index in [1.165, 1.54) is 40.7 Å². The summed E-state index contributed by atoms with van der Waals surface area (Å²) < 4.78 is 25.1. The lowest BCUT2D eigenvalue weighted by Gasteiger charge is -2.25. The molecule has 0 fully saturated rings. The second-order valence-corrected chi connectivity index (χ2v) is 9.06. The molecular formula is C28H26FN3O4. The number of carbonyl (C=O) groups excluding carboxylic acids is 2. The number of amides is 2. The summed E-state index contributed by atoms with van der Waals surface area (Å²) in [7, 11) is 1.48. The largest absolute Gasteiger partial charge is 0.454 e. The summed E-state index contributed by atoms with van der Waals surface area (Å²) in [5, 5.41) is 6.12. The average Bonchev–Trinajstić information content (AvgIpc) is 3.52. The highest BCUT2D eigenvalue weighted by Crippen LogP contribution is 2.39. The van der Waals surface area contributed by atoms with E-state index in [0.29, 0.717) is 17.9 Å². The standard InChI is InChI=1S/C28H26FN3O4/c1-17-8-9-19(12-18(17)2)23-14-24(20-10-11-25-26(13-20)36-16-35-25)32(30-23)27(33)15-31(3)28(34)21-6-4-5-7-22(21)29/h4-13,24H,14-16H2,1-3H3/t24-/m1/s1. The number of halogens is 1. The van der Waals surface area contributed by atoms with Crippen LogP contribution in [0.25, 0.3) is 0 Å². The van der Waals surface area contributed by atoms with Crippen molar-refractivity contribution in [1.82, 2.24) is 9.91 Å². The van der Waals surface area contributed by atoms with Gasteiger partial charge in [0.05, 0.1) is 17.3 Å². The zero-order valence-electron chi connectivity index (χ0n) is 20.3. The van der Waals surface area contributed by atoms with Crippen LogP contribution in [0.15, 0.2) is 65.8 Å². The molecule has 0 unspecified atom stereocenters. The fourth-order valence-corrected chi connectivity index (χ4v) is 4.40. The first-order valence-electron chi connectivity index (χ1n) is 11.7. The Kier molecular flexibility index (Phi) is 6.18. The third kappa shape index (κ3) is 4.42. The smallest absolute Gasteiger partial charge is 0.262 e. The van der Waals surface area contributed by atoms with Gasteiger partial charge in [-0.1, -0.05) is 30.3 Å². The Morgan fingerprint density at radius 1 is 1.03 bits per heavy atom. The number of fused-ring (bicyclic) bond motifs is 1. The fraction of sp³-hybridized carbons (Fsp3) is 0.250. The van der Waals surface area contributed by atoms with E-state index in [1.807, 2.05) is 44.2 Å².